The number of carbonyl (C=O) groups excluding carboxylic acids is 1. The Hall–Kier alpha value is -1.46. The highest BCUT2D eigenvalue weighted by Gasteiger charge is 2.11. The molecule has 0 aliphatic rings. The van der Waals surface area contributed by atoms with E-state index in [0.29, 0.717) is 6.42 Å². The Morgan fingerprint density at radius 1 is 1.38 bits per heavy atom. The number of aromatic amines is 1. The lowest BCUT2D eigenvalue weighted by atomic mass is 10.1. The molecule has 5 heteroatoms. The first-order chi connectivity index (χ1) is 10.0. The first-order valence-corrected chi connectivity index (χ1v) is 8.29. The molecule has 0 unspecified atom stereocenters. The summed E-state index contributed by atoms with van der Waals surface area (Å²) in [6.07, 6.45) is 2.32. The lowest BCUT2D eigenvalue weighted by Gasteiger charge is -2.13. The van der Waals surface area contributed by atoms with Crippen molar-refractivity contribution >= 4 is 29.5 Å². The maximum Gasteiger partial charge on any atom is 0.225 e. The van der Waals surface area contributed by atoms with Crippen LogP contribution >= 0.6 is 23.6 Å². The molecule has 0 bridgehead atoms. The lowest BCUT2D eigenvalue weighted by molar-refractivity contribution is -0.121. The highest BCUT2D eigenvalue weighted by Crippen LogP contribution is 2.15. The molecule has 0 radical (unpaired) electrons. The summed E-state index contributed by atoms with van der Waals surface area (Å²) in [5.74, 6) is 0.0592. The van der Waals surface area contributed by atoms with Crippen molar-refractivity contribution in [3.8, 4) is 0 Å². The van der Waals surface area contributed by atoms with E-state index < -0.39 is 0 Å². The first kappa shape index (κ1) is 15.9. The monoisotopic (exact) mass is 320 g/mol. The topological polar surface area (TPSA) is 44.9 Å². The highest BCUT2D eigenvalue weighted by atomic mass is 32.1. The van der Waals surface area contributed by atoms with Crippen LogP contribution in [0.3, 0.4) is 0 Å². The second-order valence-electron chi connectivity index (χ2n) is 5.23. The molecule has 1 aromatic carbocycles. The molecule has 1 amide bonds. The third-order valence-electron chi connectivity index (χ3n) is 3.36. The number of rotatable bonds is 6. The van der Waals surface area contributed by atoms with Crippen molar-refractivity contribution < 1.29 is 4.79 Å². The summed E-state index contributed by atoms with van der Waals surface area (Å²) in [5.41, 5.74) is 2.30. The Bertz CT molecular complexity index is 646. The molecule has 0 aliphatic heterocycles. The molecule has 3 nitrogen and oxygen atoms in total. The molecule has 0 saturated carbocycles. The zero-order chi connectivity index (χ0) is 15.2. The van der Waals surface area contributed by atoms with Gasteiger partial charge in [0.2, 0.25) is 5.91 Å². The van der Waals surface area contributed by atoms with E-state index in [0.717, 1.165) is 27.4 Å². The molecular formula is C16H20N2OS2. The number of amides is 1. The van der Waals surface area contributed by atoms with Crippen LogP contribution in [0.1, 0.15) is 29.5 Å². The average Bonchev–Trinajstić information content (AvgIpc) is 2.75. The molecule has 21 heavy (non-hydrogen) atoms. The SMILES string of the molecule is Cc1[nH]c(=S)sc1CC(=O)N[C@@H](C)CCc1ccccc1. The van der Waals surface area contributed by atoms with Crippen LogP contribution in [0.4, 0.5) is 0 Å². The van der Waals surface area contributed by atoms with E-state index in [4.69, 9.17) is 12.2 Å². The molecule has 1 aromatic heterocycles. The van der Waals surface area contributed by atoms with Gasteiger partial charge in [-0.2, -0.15) is 0 Å². The number of hydrogen-bond acceptors (Lipinski definition) is 3. The van der Waals surface area contributed by atoms with Gasteiger partial charge in [-0.3, -0.25) is 4.79 Å². The number of aromatic nitrogens is 1. The summed E-state index contributed by atoms with van der Waals surface area (Å²) < 4.78 is 0.729. The van der Waals surface area contributed by atoms with E-state index in [9.17, 15) is 4.79 Å². The van der Waals surface area contributed by atoms with E-state index in [1.54, 1.807) is 0 Å². The van der Waals surface area contributed by atoms with E-state index in [2.05, 4.69) is 22.4 Å². The van der Waals surface area contributed by atoms with Crippen molar-refractivity contribution in [2.24, 2.45) is 0 Å². The van der Waals surface area contributed by atoms with Crippen LogP contribution in [0, 0.1) is 10.9 Å². The van der Waals surface area contributed by atoms with Gasteiger partial charge in [0.15, 0.2) is 3.95 Å². The summed E-state index contributed by atoms with van der Waals surface area (Å²) in [7, 11) is 0. The van der Waals surface area contributed by atoms with E-state index >= 15 is 0 Å². The minimum Gasteiger partial charge on any atom is -0.353 e. The van der Waals surface area contributed by atoms with Gasteiger partial charge < -0.3 is 10.3 Å². The standard InChI is InChI=1S/C16H20N2OS2/c1-11(8-9-13-6-4-3-5-7-13)17-15(19)10-14-12(2)18-16(20)21-14/h3-7,11H,8-10H2,1-2H3,(H,17,19)(H,18,20)/t11-/m0/s1. The van der Waals surface area contributed by atoms with Crippen molar-refractivity contribution in [2.75, 3.05) is 0 Å². The van der Waals surface area contributed by atoms with Gasteiger partial charge in [0, 0.05) is 16.6 Å². The second-order valence-corrected chi connectivity index (χ2v) is 7.00. The molecule has 2 aromatic rings. The maximum atomic E-state index is 12.0. The maximum absolute atomic E-state index is 12.0. The Balaban J connectivity index is 1.79. The van der Waals surface area contributed by atoms with Gasteiger partial charge in [-0.05, 0) is 44.5 Å². The van der Waals surface area contributed by atoms with Crippen LogP contribution in [0.2, 0.25) is 0 Å². The van der Waals surface area contributed by atoms with Crippen molar-refractivity contribution in [2.45, 2.75) is 39.2 Å². The molecular weight excluding hydrogens is 300 g/mol. The van der Waals surface area contributed by atoms with Crippen molar-refractivity contribution in [3.63, 3.8) is 0 Å². The van der Waals surface area contributed by atoms with Gasteiger partial charge in [-0.25, -0.2) is 0 Å². The lowest BCUT2D eigenvalue weighted by Crippen LogP contribution is -2.34. The molecule has 2 N–H and O–H groups in total. The van der Waals surface area contributed by atoms with Crippen molar-refractivity contribution in [1.29, 1.82) is 0 Å². The Kier molecular flexibility index (Phi) is 5.70. The van der Waals surface area contributed by atoms with E-state index in [1.165, 1.54) is 16.9 Å². The number of hydrogen-bond donors (Lipinski definition) is 2. The Labute approximate surface area is 134 Å². The predicted molar refractivity (Wildman–Crippen MR) is 90.3 cm³/mol. The number of thiazole rings is 1. The van der Waals surface area contributed by atoms with Crippen LogP contribution in [-0.2, 0) is 17.6 Å². The summed E-state index contributed by atoms with van der Waals surface area (Å²) in [4.78, 5) is 16.1. The van der Waals surface area contributed by atoms with Crippen LogP contribution in [0.5, 0.6) is 0 Å². The molecule has 0 fully saturated rings. The molecule has 0 saturated heterocycles. The molecule has 0 spiro atoms. The van der Waals surface area contributed by atoms with E-state index in [-0.39, 0.29) is 11.9 Å². The third-order valence-corrected chi connectivity index (χ3v) is 4.70. The zero-order valence-electron chi connectivity index (χ0n) is 12.3. The van der Waals surface area contributed by atoms with Gasteiger partial charge in [0.05, 0.1) is 6.42 Å². The van der Waals surface area contributed by atoms with Gasteiger partial charge in [0.25, 0.3) is 0 Å². The number of aryl methyl sites for hydroxylation is 2. The number of nitrogens with one attached hydrogen (secondary N) is 2. The van der Waals surface area contributed by atoms with Gasteiger partial charge in [-0.15, -0.1) is 11.3 Å². The Morgan fingerprint density at radius 2 is 2.10 bits per heavy atom. The van der Waals surface area contributed by atoms with Crippen LogP contribution in [0.25, 0.3) is 0 Å². The normalized spacial score (nSPS) is 12.1. The Morgan fingerprint density at radius 3 is 2.71 bits per heavy atom. The van der Waals surface area contributed by atoms with Crippen LogP contribution in [-0.4, -0.2) is 16.9 Å². The molecule has 112 valence electrons. The average molecular weight is 320 g/mol. The summed E-state index contributed by atoms with van der Waals surface area (Å²) >= 11 is 6.57. The fourth-order valence-corrected chi connectivity index (χ4v) is 3.47. The largest absolute Gasteiger partial charge is 0.353 e. The molecule has 1 atom stereocenters. The predicted octanol–water partition coefficient (Wildman–Crippen LogP) is 3.79. The quantitative estimate of drug-likeness (QED) is 0.795. The molecule has 0 aliphatic carbocycles. The minimum absolute atomic E-state index is 0.0592. The second kappa shape index (κ2) is 7.52. The van der Waals surface area contributed by atoms with Crippen LogP contribution in [0.15, 0.2) is 30.3 Å². The fraction of sp³-hybridized carbons (Fsp3) is 0.375. The number of benzene rings is 1. The highest BCUT2D eigenvalue weighted by molar-refractivity contribution is 7.73. The van der Waals surface area contributed by atoms with Gasteiger partial charge in [0.1, 0.15) is 0 Å². The van der Waals surface area contributed by atoms with E-state index in [1.807, 2.05) is 32.0 Å². The third kappa shape index (κ3) is 5.10. The molecule has 2 rings (SSSR count). The van der Waals surface area contributed by atoms with Crippen molar-refractivity contribution in [3.05, 3.63) is 50.4 Å². The zero-order valence-corrected chi connectivity index (χ0v) is 13.9. The molecule has 1 heterocycles. The van der Waals surface area contributed by atoms with Crippen LogP contribution < -0.4 is 5.32 Å². The summed E-state index contributed by atoms with van der Waals surface area (Å²) in [5, 5.41) is 3.05. The minimum atomic E-state index is 0.0592. The summed E-state index contributed by atoms with van der Waals surface area (Å²) in [6.45, 7) is 4.00. The van der Waals surface area contributed by atoms with Gasteiger partial charge >= 0.3 is 0 Å². The van der Waals surface area contributed by atoms with Gasteiger partial charge in [-0.1, -0.05) is 30.3 Å². The first-order valence-electron chi connectivity index (χ1n) is 7.06. The number of carbonyl (C=O) groups is 1. The fourth-order valence-electron chi connectivity index (χ4n) is 2.18. The smallest absolute Gasteiger partial charge is 0.225 e. The summed E-state index contributed by atoms with van der Waals surface area (Å²) in [6, 6.07) is 10.5. The number of H-pyrrole nitrogens is 1. The van der Waals surface area contributed by atoms with Crippen molar-refractivity contribution in [1.82, 2.24) is 10.3 Å².